The highest BCUT2D eigenvalue weighted by Crippen LogP contribution is 2.14. The van der Waals surface area contributed by atoms with E-state index in [0.29, 0.717) is 5.82 Å². The number of rotatable bonds is 5. The van der Waals surface area contributed by atoms with Crippen LogP contribution in [-0.2, 0) is 9.53 Å². The zero-order valence-corrected chi connectivity index (χ0v) is 8.17. The predicted molar refractivity (Wildman–Crippen MR) is 48.7 cm³/mol. The first-order valence-corrected chi connectivity index (χ1v) is 4.41. The van der Waals surface area contributed by atoms with Crippen molar-refractivity contribution in [1.29, 1.82) is 0 Å². The molecule has 1 amide bonds. The van der Waals surface area contributed by atoms with E-state index in [1.54, 1.807) is 0 Å². The Morgan fingerprint density at radius 3 is 2.88 bits per heavy atom. The Kier molecular flexibility index (Phi) is 4.29. The number of nitrogens with zero attached hydrogens (tertiary/aromatic N) is 1. The van der Waals surface area contributed by atoms with Crippen LogP contribution in [0.4, 0.5) is 19.0 Å². The number of hydrogen-bond acceptors (Lipinski definition) is 3. The molecule has 0 saturated carbocycles. The zero-order valence-electron chi connectivity index (χ0n) is 8.17. The molecule has 90 valence electrons. The van der Waals surface area contributed by atoms with Crippen molar-refractivity contribution >= 4 is 11.7 Å². The number of halogens is 3. The van der Waals surface area contributed by atoms with E-state index in [9.17, 15) is 18.0 Å². The van der Waals surface area contributed by atoms with Crippen LogP contribution < -0.4 is 5.32 Å². The summed E-state index contributed by atoms with van der Waals surface area (Å²) in [6.07, 6.45) is -3.06. The SMILES string of the molecule is O=C(CCOCC(F)(F)F)Nc1ccn[nH]1. The number of hydrogen-bond donors (Lipinski definition) is 2. The third-order valence-electron chi connectivity index (χ3n) is 1.51. The smallest absolute Gasteiger partial charge is 0.372 e. The Labute approximate surface area is 89.0 Å². The number of ether oxygens (including phenoxy) is 1. The highest BCUT2D eigenvalue weighted by molar-refractivity contribution is 5.89. The number of alkyl halides is 3. The number of nitrogens with one attached hydrogen (secondary N) is 2. The third kappa shape index (κ3) is 5.35. The minimum atomic E-state index is -4.36. The van der Waals surface area contributed by atoms with Gasteiger partial charge in [-0.15, -0.1) is 0 Å². The van der Waals surface area contributed by atoms with Crippen LogP contribution in [0.15, 0.2) is 12.3 Å². The Balaban J connectivity index is 2.12. The quantitative estimate of drug-likeness (QED) is 0.759. The largest absolute Gasteiger partial charge is 0.411 e. The molecule has 0 aliphatic heterocycles. The highest BCUT2D eigenvalue weighted by Gasteiger charge is 2.27. The van der Waals surface area contributed by atoms with Gasteiger partial charge in [0.25, 0.3) is 0 Å². The van der Waals surface area contributed by atoms with E-state index in [4.69, 9.17) is 0 Å². The minimum absolute atomic E-state index is 0.144. The molecule has 5 nitrogen and oxygen atoms in total. The summed E-state index contributed by atoms with van der Waals surface area (Å²) in [5.74, 6) is -0.0488. The first-order valence-electron chi connectivity index (χ1n) is 4.41. The molecule has 0 unspecified atom stereocenters. The van der Waals surface area contributed by atoms with Crippen LogP contribution in [-0.4, -0.2) is 35.5 Å². The molecule has 0 fully saturated rings. The number of amides is 1. The van der Waals surface area contributed by atoms with Gasteiger partial charge < -0.3 is 10.1 Å². The fourth-order valence-corrected chi connectivity index (χ4v) is 0.891. The number of aromatic amines is 1. The van der Waals surface area contributed by atoms with Crippen molar-refractivity contribution in [3.63, 3.8) is 0 Å². The van der Waals surface area contributed by atoms with E-state index >= 15 is 0 Å². The van der Waals surface area contributed by atoms with Crippen LogP contribution in [0.3, 0.4) is 0 Å². The molecule has 8 heteroatoms. The summed E-state index contributed by atoms with van der Waals surface area (Å²) in [6, 6.07) is 1.52. The summed E-state index contributed by atoms with van der Waals surface area (Å²) < 4.78 is 39.2. The van der Waals surface area contributed by atoms with Crippen molar-refractivity contribution in [2.24, 2.45) is 0 Å². The molecule has 1 rings (SSSR count). The second-order valence-corrected chi connectivity index (χ2v) is 2.94. The summed E-state index contributed by atoms with van der Waals surface area (Å²) in [5.41, 5.74) is 0. The molecule has 1 heterocycles. The molecule has 0 radical (unpaired) electrons. The van der Waals surface area contributed by atoms with E-state index in [0.717, 1.165) is 0 Å². The van der Waals surface area contributed by atoms with Gasteiger partial charge in [-0.05, 0) is 0 Å². The topological polar surface area (TPSA) is 67.0 Å². The molecule has 0 spiro atoms. The summed E-state index contributed by atoms with van der Waals surface area (Å²) in [6.45, 7) is -1.62. The minimum Gasteiger partial charge on any atom is -0.372 e. The number of aromatic nitrogens is 2. The van der Waals surface area contributed by atoms with Crippen LogP contribution in [0.1, 0.15) is 6.42 Å². The van der Waals surface area contributed by atoms with Crippen LogP contribution in [0, 0.1) is 0 Å². The molecule has 0 saturated heterocycles. The average molecular weight is 237 g/mol. The molecular weight excluding hydrogens is 227 g/mol. The Bertz CT molecular complexity index is 324. The van der Waals surface area contributed by atoms with E-state index in [2.05, 4.69) is 20.3 Å². The van der Waals surface area contributed by atoms with Crippen molar-refractivity contribution in [2.75, 3.05) is 18.5 Å². The van der Waals surface area contributed by atoms with Crippen molar-refractivity contribution < 1.29 is 22.7 Å². The maximum atomic E-state index is 11.6. The van der Waals surface area contributed by atoms with Crippen molar-refractivity contribution in [3.8, 4) is 0 Å². The normalized spacial score (nSPS) is 11.4. The average Bonchev–Trinajstić information content (AvgIpc) is 2.63. The number of H-pyrrole nitrogens is 1. The molecule has 0 aliphatic rings. The second-order valence-electron chi connectivity index (χ2n) is 2.94. The van der Waals surface area contributed by atoms with E-state index in [-0.39, 0.29) is 13.0 Å². The zero-order chi connectivity index (χ0) is 12.0. The van der Waals surface area contributed by atoms with Crippen LogP contribution in [0.25, 0.3) is 0 Å². The van der Waals surface area contributed by atoms with Gasteiger partial charge in [0.05, 0.1) is 19.2 Å². The lowest BCUT2D eigenvalue weighted by Crippen LogP contribution is -2.20. The molecule has 0 bridgehead atoms. The number of anilines is 1. The molecule has 0 atom stereocenters. The van der Waals surface area contributed by atoms with Crippen molar-refractivity contribution in [1.82, 2.24) is 10.2 Å². The molecule has 0 aromatic carbocycles. The molecular formula is C8H10F3N3O2. The molecule has 1 aromatic heterocycles. The molecule has 1 aromatic rings. The van der Waals surface area contributed by atoms with Gasteiger partial charge in [0, 0.05) is 6.07 Å². The van der Waals surface area contributed by atoms with Gasteiger partial charge in [-0.2, -0.15) is 18.3 Å². The van der Waals surface area contributed by atoms with Gasteiger partial charge in [-0.3, -0.25) is 9.89 Å². The first-order chi connectivity index (χ1) is 7.47. The third-order valence-corrected chi connectivity index (χ3v) is 1.51. The van der Waals surface area contributed by atoms with Gasteiger partial charge in [0.2, 0.25) is 5.91 Å². The van der Waals surface area contributed by atoms with Gasteiger partial charge in [-0.25, -0.2) is 0 Å². The highest BCUT2D eigenvalue weighted by atomic mass is 19.4. The Morgan fingerprint density at radius 1 is 1.56 bits per heavy atom. The lowest BCUT2D eigenvalue weighted by Gasteiger charge is -2.07. The number of carbonyl (C=O) groups is 1. The maximum Gasteiger partial charge on any atom is 0.411 e. The lowest BCUT2D eigenvalue weighted by molar-refractivity contribution is -0.174. The first kappa shape index (κ1) is 12.5. The van der Waals surface area contributed by atoms with Gasteiger partial charge in [0.1, 0.15) is 12.4 Å². The van der Waals surface area contributed by atoms with Crippen LogP contribution in [0.2, 0.25) is 0 Å². The summed E-state index contributed by atoms with van der Waals surface area (Å²) >= 11 is 0. The Hall–Kier alpha value is -1.57. The summed E-state index contributed by atoms with van der Waals surface area (Å²) in [5, 5.41) is 8.47. The van der Waals surface area contributed by atoms with Gasteiger partial charge in [-0.1, -0.05) is 0 Å². The fraction of sp³-hybridized carbons (Fsp3) is 0.500. The maximum absolute atomic E-state index is 11.6. The second kappa shape index (κ2) is 5.50. The van der Waals surface area contributed by atoms with Gasteiger partial charge in [0.15, 0.2) is 0 Å². The molecule has 0 aliphatic carbocycles. The monoisotopic (exact) mass is 237 g/mol. The van der Waals surface area contributed by atoms with Crippen LogP contribution in [0.5, 0.6) is 0 Å². The predicted octanol–water partition coefficient (Wildman–Crippen LogP) is 1.32. The van der Waals surface area contributed by atoms with E-state index in [1.807, 2.05) is 0 Å². The van der Waals surface area contributed by atoms with Gasteiger partial charge >= 0.3 is 6.18 Å². The van der Waals surface area contributed by atoms with Crippen molar-refractivity contribution in [2.45, 2.75) is 12.6 Å². The summed E-state index contributed by atoms with van der Waals surface area (Å²) in [4.78, 5) is 11.1. The van der Waals surface area contributed by atoms with Crippen molar-refractivity contribution in [3.05, 3.63) is 12.3 Å². The lowest BCUT2D eigenvalue weighted by atomic mass is 10.4. The van der Waals surface area contributed by atoms with Crippen LogP contribution >= 0.6 is 0 Å². The standard InChI is InChI=1S/C8H10F3N3O2/c9-8(10,11)5-16-4-2-7(15)13-6-1-3-12-14-6/h1,3H,2,4-5H2,(H2,12,13,14,15). The van der Waals surface area contributed by atoms with E-state index < -0.39 is 18.7 Å². The van der Waals surface area contributed by atoms with E-state index in [1.165, 1.54) is 12.3 Å². The number of carbonyl (C=O) groups excluding carboxylic acids is 1. The molecule has 16 heavy (non-hydrogen) atoms. The molecule has 2 N–H and O–H groups in total. The fourth-order valence-electron chi connectivity index (χ4n) is 0.891. The Morgan fingerprint density at radius 2 is 2.31 bits per heavy atom. The summed E-state index contributed by atoms with van der Waals surface area (Å²) in [7, 11) is 0.